The predicted molar refractivity (Wildman–Crippen MR) is 95.6 cm³/mol. The highest BCUT2D eigenvalue weighted by molar-refractivity contribution is 5.95. The fraction of sp³-hybridized carbons (Fsp3) is 0.200. The number of hydrogen-bond acceptors (Lipinski definition) is 2. The van der Waals surface area contributed by atoms with Gasteiger partial charge in [0.2, 0.25) is 0 Å². The zero-order chi connectivity index (χ0) is 19.6. The highest BCUT2D eigenvalue weighted by Crippen LogP contribution is 2.30. The third-order valence-corrected chi connectivity index (χ3v) is 4.32. The van der Waals surface area contributed by atoms with Gasteiger partial charge in [-0.25, -0.2) is 4.68 Å². The van der Waals surface area contributed by atoms with Crippen LogP contribution in [0.5, 0.6) is 0 Å². The lowest BCUT2D eigenvalue weighted by Gasteiger charge is -2.14. The van der Waals surface area contributed by atoms with Crippen molar-refractivity contribution in [2.24, 2.45) is 0 Å². The van der Waals surface area contributed by atoms with Gasteiger partial charge >= 0.3 is 6.18 Å². The van der Waals surface area contributed by atoms with Gasteiger partial charge in [-0.15, -0.1) is 0 Å². The van der Waals surface area contributed by atoms with Gasteiger partial charge in [-0.3, -0.25) is 4.79 Å². The summed E-state index contributed by atoms with van der Waals surface area (Å²) < 4.78 is 40.1. The van der Waals surface area contributed by atoms with Crippen LogP contribution in [0.15, 0.2) is 60.8 Å². The van der Waals surface area contributed by atoms with Gasteiger partial charge in [0.25, 0.3) is 5.91 Å². The van der Waals surface area contributed by atoms with Gasteiger partial charge in [0.15, 0.2) is 0 Å². The number of alkyl halides is 3. The molecule has 0 bridgehead atoms. The van der Waals surface area contributed by atoms with Gasteiger partial charge in [0.1, 0.15) is 0 Å². The number of hydrogen-bond donors (Lipinski definition) is 1. The molecule has 1 amide bonds. The van der Waals surface area contributed by atoms with Crippen molar-refractivity contribution in [3.8, 4) is 5.69 Å². The smallest absolute Gasteiger partial charge is 0.345 e. The summed E-state index contributed by atoms with van der Waals surface area (Å²) >= 11 is 0. The molecule has 3 rings (SSSR count). The summed E-state index contributed by atoms with van der Waals surface area (Å²) in [7, 11) is 0. The molecule has 2 aromatic carbocycles. The van der Waals surface area contributed by atoms with E-state index in [-0.39, 0.29) is 17.6 Å². The number of nitrogens with one attached hydrogen (secondary N) is 1. The SMILES string of the molecule is Cc1c(C(=O)NC(C)c2ccccc2)cnn1-c1cccc(C(F)(F)F)c1. The van der Waals surface area contributed by atoms with E-state index in [9.17, 15) is 18.0 Å². The molecule has 0 fully saturated rings. The third-order valence-electron chi connectivity index (χ3n) is 4.32. The number of carbonyl (C=O) groups excluding carboxylic acids is 1. The Morgan fingerprint density at radius 3 is 2.48 bits per heavy atom. The number of rotatable bonds is 4. The highest BCUT2D eigenvalue weighted by atomic mass is 19.4. The summed E-state index contributed by atoms with van der Waals surface area (Å²) in [6.45, 7) is 3.51. The molecule has 0 aliphatic carbocycles. The standard InChI is InChI=1S/C20H18F3N3O/c1-13(15-7-4-3-5-8-15)25-19(27)18-12-24-26(14(18)2)17-10-6-9-16(11-17)20(21,22)23/h3-13H,1-2H3,(H,25,27). The van der Waals surface area contributed by atoms with Crippen molar-refractivity contribution in [1.82, 2.24) is 15.1 Å². The van der Waals surface area contributed by atoms with Crippen LogP contribution in [0.1, 0.15) is 40.1 Å². The zero-order valence-corrected chi connectivity index (χ0v) is 14.8. The van der Waals surface area contributed by atoms with Crippen LogP contribution in [0.25, 0.3) is 5.69 Å². The second-order valence-corrected chi connectivity index (χ2v) is 6.21. The third kappa shape index (κ3) is 4.02. The fourth-order valence-corrected chi connectivity index (χ4v) is 2.81. The van der Waals surface area contributed by atoms with E-state index in [0.717, 1.165) is 17.7 Å². The number of nitrogens with zero attached hydrogens (tertiary/aromatic N) is 2. The Balaban J connectivity index is 1.84. The molecular formula is C20H18F3N3O. The Morgan fingerprint density at radius 1 is 1.11 bits per heavy atom. The fourth-order valence-electron chi connectivity index (χ4n) is 2.81. The van der Waals surface area contributed by atoms with E-state index in [1.165, 1.54) is 23.0 Å². The summed E-state index contributed by atoms with van der Waals surface area (Å²) in [4.78, 5) is 12.6. The average Bonchev–Trinajstić information content (AvgIpc) is 3.03. The Hall–Kier alpha value is -3.09. The minimum absolute atomic E-state index is 0.213. The van der Waals surface area contributed by atoms with Crippen molar-refractivity contribution >= 4 is 5.91 Å². The summed E-state index contributed by atoms with van der Waals surface area (Å²) in [5.74, 6) is -0.331. The summed E-state index contributed by atoms with van der Waals surface area (Å²) in [6.07, 6.45) is -3.08. The van der Waals surface area contributed by atoms with Gasteiger partial charge in [-0.05, 0) is 37.6 Å². The molecule has 1 aromatic heterocycles. The van der Waals surface area contributed by atoms with Crippen molar-refractivity contribution in [3.05, 3.63) is 83.2 Å². The van der Waals surface area contributed by atoms with E-state index >= 15 is 0 Å². The highest BCUT2D eigenvalue weighted by Gasteiger charge is 2.30. The van der Waals surface area contributed by atoms with Crippen LogP contribution in [0.2, 0.25) is 0 Å². The molecule has 1 heterocycles. The van der Waals surface area contributed by atoms with E-state index in [2.05, 4.69) is 10.4 Å². The van der Waals surface area contributed by atoms with Crippen LogP contribution in [-0.2, 0) is 6.18 Å². The summed E-state index contributed by atoms with van der Waals surface area (Å²) in [5, 5.41) is 6.98. The van der Waals surface area contributed by atoms with Crippen LogP contribution in [0.3, 0.4) is 0 Å². The first-order valence-corrected chi connectivity index (χ1v) is 8.35. The molecule has 27 heavy (non-hydrogen) atoms. The second-order valence-electron chi connectivity index (χ2n) is 6.21. The first-order chi connectivity index (χ1) is 12.8. The number of carbonyl (C=O) groups is 1. The molecule has 140 valence electrons. The minimum Gasteiger partial charge on any atom is -0.345 e. The van der Waals surface area contributed by atoms with E-state index in [0.29, 0.717) is 11.3 Å². The Morgan fingerprint density at radius 2 is 1.81 bits per heavy atom. The van der Waals surface area contributed by atoms with Gasteiger partial charge in [-0.2, -0.15) is 18.3 Å². The molecule has 0 saturated carbocycles. The molecule has 3 aromatic rings. The predicted octanol–water partition coefficient (Wildman–Crippen LogP) is 4.69. The van der Waals surface area contributed by atoms with Crippen molar-refractivity contribution < 1.29 is 18.0 Å². The van der Waals surface area contributed by atoms with E-state index in [4.69, 9.17) is 0 Å². The Kier molecular flexibility index (Phi) is 5.03. The lowest BCUT2D eigenvalue weighted by atomic mass is 10.1. The molecule has 1 atom stereocenters. The summed E-state index contributed by atoms with van der Waals surface area (Å²) in [5.41, 5.74) is 1.21. The van der Waals surface area contributed by atoms with Crippen LogP contribution in [0.4, 0.5) is 13.2 Å². The number of benzene rings is 2. The van der Waals surface area contributed by atoms with Crippen molar-refractivity contribution in [3.63, 3.8) is 0 Å². The maximum Gasteiger partial charge on any atom is 0.416 e. The molecular weight excluding hydrogens is 355 g/mol. The molecule has 4 nitrogen and oxygen atoms in total. The maximum absolute atomic E-state index is 12.9. The normalized spacial score (nSPS) is 12.6. The van der Waals surface area contributed by atoms with E-state index in [1.54, 1.807) is 6.92 Å². The van der Waals surface area contributed by atoms with E-state index < -0.39 is 11.7 Å². The first-order valence-electron chi connectivity index (χ1n) is 8.35. The number of aromatic nitrogens is 2. The zero-order valence-electron chi connectivity index (χ0n) is 14.8. The topological polar surface area (TPSA) is 46.9 Å². The van der Waals surface area contributed by atoms with Crippen LogP contribution in [-0.4, -0.2) is 15.7 Å². The molecule has 0 spiro atoms. The van der Waals surface area contributed by atoms with Gasteiger partial charge in [-0.1, -0.05) is 36.4 Å². The Labute approximate surface area is 154 Å². The van der Waals surface area contributed by atoms with E-state index in [1.807, 2.05) is 37.3 Å². The molecule has 0 radical (unpaired) electrons. The molecule has 7 heteroatoms. The monoisotopic (exact) mass is 373 g/mol. The Bertz CT molecular complexity index is 949. The van der Waals surface area contributed by atoms with Crippen LogP contribution in [0, 0.1) is 6.92 Å². The lowest BCUT2D eigenvalue weighted by Crippen LogP contribution is -2.27. The number of halogens is 3. The average molecular weight is 373 g/mol. The maximum atomic E-state index is 12.9. The van der Waals surface area contributed by atoms with Gasteiger partial charge in [0.05, 0.1) is 34.7 Å². The van der Waals surface area contributed by atoms with Crippen LogP contribution < -0.4 is 5.32 Å². The molecule has 0 saturated heterocycles. The van der Waals surface area contributed by atoms with Crippen molar-refractivity contribution in [2.75, 3.05) is 0 Å². The summed E-state index contributed by atoms with van der Waals surface area (Å²) in [6, 6.07) is 14.1. The molecule has 1 N–H and O–H groups in total. The van der Waals surface area contributed by atoms with Gasteiger partial charge in [0, 0.05) is 0 Å². The van der Waals surface area contributed by atoms with Gasteiger partial charge < -0.3 is 5.32 Å². The second kappa shape index (κ2) is 7.26. The molecule has 0 aliphatic heterocycles. The minimum atomic E-state index is -4.44. The quantitative estimate of drug-likeness (QED) is 0.721. The first kappa shape index (κ1) is 18.7. The van der Waals surface area contributed by atoms with Crippen molar-refractivity contribution in [1.29, 1.82) is 0 Å². The number of amides is 1. The van der Waals surface area contributed by atoms with Crippen molar-refractivity contribution in [2.45, 2.75) is 26.1 Å². The largest absolute Gasteiger partial charge is 0.416 e. The lowest BCUT2D eigenvalue weighted by molar-refractivity contribution is -0.137. The van der Waals surface area contributed by atoms with Crippen LogP contribution >= 0.6 is 0 Å². The molecule has 1 unspecified atom stereocenters. The molecule has 0 aliphatic rings.